The van der Waals surface area contributed by atoms with Crippen LogP contribution in [0, 0.1) is 5.92 Å². The summed E-state index contributed by atoms with van der Waals surface area (Å²) in [6, 6.07) is 8.33. The molecule has 2 N–H and O–H groups in total. The van der Waals surface area contributed by atoms with Crippen LogP contribution in [0.3, 0.4) is 0 Å². The van der Waals surface area contributed by atoms with E-state index in [1.54, 1.807) is 26.1 Å². The van der Waals surface area contributed by atoms with Crippen molar-refractivity contribution in [3.63, 3.8) is 0 Å². The van der Waals surface area contributed by atoms with Gasteiger partial charge in [0.25, 0.3) is 0 Å². The maximum absolute atomic E-state index is 12.0. The highest BCUT2D eigenvalue weighted by Gasteiger charge is 2.21. The van der Waals surface area contributed by atoms with Gasteiger partial charge in [0.05, 0.1) is 20.2 Å². The first-order valence-corrected chi connectivity index (χ1v) is 10.4. The number of hydrogen-bond acceptors (Lipinski definition) is 3. The zero-order valence-corrected chi connectivity index (χ0v) is 17.8. The number of aliphatic imine (C=N–C) groups is 1. The Balaban J connectivity index is 1.96. The standard InChI is InChI=1S/C22H36N4O2/c1-5-6-17-7-11-19(12-8-17)25-22(24-16-21(27)26(2)3)23-15-18-9-13-20(28-4)14-10-18/h9-10,13-14,17,19H,5-8,11-12,15-16H2,1-4H3,(H2,23,24,25). The fourth-order valence-electron chi connectivity index (χ4n) is 3.57. The molecule has 0 heterocycles. The predicted molar refractivity (Wildman–Crippen MR) is 115 cm³/mol. The molecule has 6 nitrogen and oxygen atoms in total. The first kappa shape index (κ1) is 22.1. The minimum Gasteiger partial charge on any atom is -0.497 e. The number of hydrogen-bond donors (Lipinski definition) is 2. The molecular weight excluding hydrogens is 352 g/mol. The fraction of sp³-hybridized carbons (Fsp3) is 0.636. The number of carbonyl (C=O) groups excluding carboxylic acids is 1. The van der Waals surface area contributed by atoms with Gasteiger partial charge in [-0.05, 0) is 49.3 Å². The molecule has 1 aromatic rings. The summed E-state index contributed by atoms with van der Waals surface area (Å²) in [6.45, 7) is 3.06. The van der Waals surface area contributed by atoms with E-state index in [2.05, 4.69) is 17.6 Å². The highest BCUT2D eigenvalue weighted by atomic mass is 16.5. The van der Waals surface area contributed by atoms with Crippen LogP contribution >= 0.6 is 0 Å². The second kappa shape index (κ2) is 11.6. The van der Waals surface area contributed by atoms with Gasteiger partial charge < -0.3 is 20.3 Å². The van der Waals surface area contributed by atoms with Gasteiger partial charge in [-0.25, -0.2) is 4.99 Å². The van der Waals surface area contributed by atoms with Crippen LogP contribution in [0.2, 0.25) is 0 Å². The number of nitrogens with one attached hydrogen (secondary N) is 2. The Morgan fingerprint density at radius 2 is 1.86 bits per heavy atom. The molecule has 1 aliphatic carbocycles. The second-order valence-corrected chi connectivity index (χ2v) is 7.81. The van der Waals surface area contributed by atoms with E-state index >= 15 is 0 Å². The fourth-order valence-corrected chi connectivity index (χ4v) is 3.57. The van der Waals surface area contributed by atoms with Crippen molar-refractivity contribution >= 4 is 11.9 Å². The molecule has 0 aromatic heterocycles. The minimum atomic E-state index is 0.0330. The molecule has 0 spiro atoms. The molecule has 1 aliphatic rings. The average molecular weight is 389 g/mol. The molecule has 1 fully saturated rings. The van der Waals surface area contributed by atoms with Gasteiger partial charge >= 0.3 is 0 Å². The van der Waals surface area contributed by atoms with E-state index in [9.17, 15) is 4.79 Å². The van der Waals surface area contributed by atoms with Gasteiger partial charge in [-0.15, -0.1) is 0 Å². The molecule has 0 aliphatic heterocycles. The number of benzene rings is 1. The number of nitrogens with zero attached hydrogens (tertiary/aromatic N) is 2. The van der Waals surface area contributed by atoms with Gasteiger partial charge in [-0.2, -0.15) is 0 Å². The van der Waals surface area contributed by atoms with Crippen molar-refractivity contribution in [1.82, 2.24) is 15.5 Å². The van der Waals surface area contributed by atoms with Gasteiger partial charge in [0, 0.05) is 20.1 Å². The maximum atomic E-state index is 12.0. The number of methoxy groups -OCH3 is 1. The number of guanidine groups is 1. The number of ether oxygens (including phenoxy) is 1. The van der Waals surface area contributed by atoms with Gasteiger partial charge in [-0.3, -0.25) is 4.79 Å². The van der Waals surface area contributed by atoms with Crippen LogP contribution in [0.25, 0.3) is 0 Å². The third-order valence-electron chi connectivity index (χ3n) is 5.37. The molecule has 28 heavy (non-hydrogen) atoms. The summed E-state index contributed by atoms with van der Waals surface area (Å²) in [5.74, 6) is 2.45. The third kappa shape index (κ3) is 7.41. The molecule has 0 atom stereocenters. The molecule has 0 saturated heterocycles. The normalized spacial score (nSPS) is 19.8. The van der Waals surface area contributed by atoms with Crippen molar-refractivity contribution in [2.24, 2.45) is 10.9 Å². The molecular formula is C22H36N4O2. The Hall–Kier alpha value is -2.24. The zero-order valence-electron chi connectivity index (χ0n) is 17.8. The van der Waals surface area contributed by atoms with Gasteiger partial charge in [0.15, 0.2) is 5.96 Å². The third-order valence-corrected chi connectivity index (χ3v) is 5.37. The van der Waals surface area contributed by atoms with Gasteiger partial charge in [0.1, 0.15) is 5.75 Å². The Morgan fingerprint density at radius 3 is 2.43 bits per heavy atom. The van der Waals surface area contributed by atoms with E-state index in [4.69, 9.17) is 9.73 Å². The predicted octanol–water partition coefficient (Wildman–Crippen LogP) is 3.18. The van der Waals surface area contributed by atoms with E-state index < -0.39 is 0 Å². The Morgan fingerprint density at radius 1 is 1.18 bits per heavy atom. The lowest BCUT2D eigenvalue weighted by Gasteiger charge is -2.30. The summed E-state index contributed by atoms with van der Waals surface area (Å²) in [5, 5.41) is 6.75. The summed E-state index contributed by atoms with van der Waals surface area (Å²) in [5.41, 5.74) is 1.10. The summed E-state index contributed by atoms with van der Waals surface area (Å²) < 4.78 is 5.21. The average Bonchev–Trinajstić information content (AvgIpc) is 2.71. The molecule has 1 amide bonds. The molecule has 2 rings (SSSR count). The van der Waals surface area contributed by atoms with Gasteiger partial charge in [-0.1, -0.05) is 31.9 Å². The van der Waals surface area contributed by atoms with Crippen LogP contribution in [0.5, 0.6) is 5.75 Å². The monoisotopic (exact) mass is 388 g/mol. The quantitative estimate of drug-likeness (QED) is 0.530. The smallest absolute Gasteiger partial charge is 0.241 e. The Bertz CT molecular complexity index is 620. The molecule has 156 valence electrons. The first-order chi connectivity index (χ1) is 13.5. The Kier molecular flexibility index (Phi) is 9.11. The lowest BCUT2D eigenvalue weighted by Crippen LogP contribution is -2.47. The lowest BCUT2D eigenvalue weighted by atomic mass is 9.83. The van der Waals surface area contributed by atoms with Crippen molar-refractivity contribution in [2.45, 2.75) is 58.0 Å². The highest BCUT2D eigenvalue weighted by Crippen LogP contribution is 2.27. The number of rotatable bonds is 8. The zero-order chi connectivity index (χ0) is 20.4. The molecule has 1 aromatic carbocycles. The van der Waals surface area contributed by atoms with E-state index in [1.807, 2.05) is 24.3 Å². The summed E-state index contributed by atoms with van der Waals surface area (Å²) in [4.78, 5) is 18.3. The second-order valence-electron chi connectivity index (χ2n) is 7.81. The summed E-state index contributed by atoms with van der Waals surface area (Å²) >= 11 is 0. The van der Waals surface area contributed by atoms with Crippen LogP contribution in [0.15, 0.2) is 29.3 Å². The number of carbonyl (C=O) groups is 1. The molecule has 0 bridgehead atoms. The van der Waals surface area contributed by atoms with E-state index in [0.29, 0.717) is 18.5 Å². The summed E-state index contributed by atoms with van der Waals surface area (Å²) in [7, 11) is 5.19. The molecule has 6 heteroatoms. The molecule has 1 saturated carbocycles. The van der Waals surface area contributed by atoms with Crippen molar-refractivity contribution in [1.29, 1.82) is 0 Å². The van der Waals surface area contributed by atoms with Gasteiger partial charge in [0.2, 0.25) is 5.91 Å². The SMILES string of the molecule is CCCC1CCC(NC(=NCc2ccc(OC)cc2)NCC(=O)N(C)C)CC1. The van der Waals surface area contributed by atoms with Crippen molar-refractivity contribution in [3.05, 3.63) is 29.8 Å². The topological polar surface area (TPSA) is 66.0 Å². The van der Waals surface area contributed by atoms with Crippen molar-refractivity contribution < 1.29 is 9.53 Å². The number of amides is 1. The van der Waals surface area contributed by atoms with Crippen LogP contribution < -0.4 is 15.4 Å². The first-order valence-electron chi connectivity index (χ1n) is 10.4. The van der Waals surface area contributed by atoms with Crippen LogP contribution in [0.1, 0.15) is 51.0 Å². The van der Waals surface area contributed by atoms with Crippen molar-refractivity contribution in [3.8, 4) is 5.75 Å². The maximum Gasteiger partial charge on any atom is 0.241 e. The Labute approximate surface area is 169 Å². The van der Waals surface area contributed by atoms with E-state index in [-0.39, 0.29) is 12.5 Å². The minimum absolute atomic E-state index is 0.0330. The van der Waals surface area contributed by atoms with Crippen LogP contribution in [-0.4, -0.2) is 50.6 Å². The van der Waals surface area contributed by atoms with Crippen LogP contribution in [0.4, 0.5) is 0 Å². The molecule has 0 unspecified atom stereocenters. The summed E-state index contributed by atoms with van der Waals surface area (Å²) in [6.07, 6.45) is 7.47. The van der Waals surface area contributed by atoms with E-state index in [1.165, 1.54) is 25.7 Å². The largest absolute Gasteiger partial charge is 0.497 e. The molecule has 0 radical (unpaired) electrons. The van der Waals surface area contributed by atoms with Crippen molar-refractivity contribution in [2.75, 3.05) is 27.7 Å². The van der Waals surface area contributed by atoms with E-state index in [0.717, 1.165) is 30.1 Å². The van der Waals surface area contributed by atoms with Crippen LogP contribution in [-0.2, 0) is 11.3 Å². The highest BCUT2D eigenvalue weighted by molar-refractivity contribution is 5.86. The number of likely N-dealkylation sites (N-methyl/N-ethyl adjacent to an activating group) is 1. The lowest BCUT2D eigenvalue weighted by molar-refractivity contribution is -0.127.